The van der Waals surface area contributed by atoms with Crippen molar-refractivity contribution >= 4 is 23.0 Å². The molecule has 5 nitrogen and oxygen atoms in total. The molecular formula is C20H16O5. The highest BCUT2D eigenvalue weighted by atomic mass is 16.5. The third-order valence-corrected chi connectivity index (χ3v) is 3.71. The zero-order chi connectivity index (χ0) is 17.8. The molecule has 0 N–H and O–H groups in total. The Kier molecular flexibility index (Phi) is 4.66. The lowest BCUT2D eigenvalue weighted by Gasteiger charge is -2.08. The van der Waals surface area contributed by atoms with Crippen LogP contribution in [0, 0.1) is 0 Å². The number of ether oxygens (including phenoxy) is 2. The minimum Gasteiger partial charge on any atom is -0.493 e. The topological polar surface area (TPSA) is 65.7 Å². The number of hydrogen-bond acceptors (Lipinski definition) is 5. The van der Waals surface area contributed by atoms with E-state index in [9.17, 15) is 9.59 Å². The van der Waals surface area contributed by atoms with Gasteiger partial charge in [-0.3, -0.25) is 4.79 Å². The van der Waals surface area contributed by atoms with Gasteiger partial charge in [-0.1, -0.05) is 30.3 Å². The summed E-state index contributed by atoms with van der Waals surface area (Å²) in [5.41, 5.74) is 1.61. The summed E-state index contributed by atoms with van der Waals surface area (Å²) in [5.74, 6) is 0.400. The molecule has 0 saturated carbocycles. The number of carbonyl (C=O) groups excluding carboxylic acids is 1. The van der Waals surface area contributed by atoms with Gasteiger partial charge in [0.15, 0.2) is 16.8 Å². The summed E-state index contributed by atoms with van der Waals surface area (Å²) in [6.07, 6.45) is 2.83. The summed E-state index contributed by atoms with van der Waals surface area (Å²) in [6, 6.07) is 14.2. The molecule has 0 saturated heterocycles. The molecule has 0 fully saturated rings. The average molecular weight is 336 g/mol. The van der Waals surface area contributed by atoms with Crippen molar-refractivity contribution in [1.29, 1.82) is 0 Å². The molecule has 1 aromatic heterocycles. The highest BCUT2D eigenvalue weighted by molar-refractivity contribution is 5.90. The Morgan fingerprint density at radius 3 is 2.52 bits per heavy atom. The van der Waals surface area contributed by atoms with Crippen molar-refractivity contribution in [2.75, 3.05) is 14.2 Å². The molecule has 0 atom stereocenters. The first-order valence-electron chi connectivity index (χ1n) is 7.59. The van der Waals surface area contributed by atoms with Gasteiger partial charge in [0.1, 0.15) is 5.76 Å². The van der Waals surface area contributed by atoms with Gasteiger partial charge >= 0.3 is 5.97 Å². The second-order valence-electron chi connectivity index (χ2n) is 5.30. The Hall–Kier alpha value is -3.34. The van der Waals surface area contributed by atoms with Crippen LogP contribution in [0.1, 0.15) is 5.56 Å². The first-order chi connectivity index (χ1) is 12.1. The molecule has 0 bridgehead atoms. The van der Waals surface area contributed by atoms with Gasteiger partial charge in [0.05, 0.1) is 19.6 Å². The van der Waals surface area contributed by atoms with E-state index in [-0.39, 0.29) is 5.43 Å². The van der Waals surface area contributed by atoms with E-state index in [1.807, 2.05) is 30.3 Å². The summed E-state index contributed by atoms with van der Waals surface area (Å²) >= 11 is 0. The lowest BCUT2D eigenvalue weighted by atomic mass is 10.1. The molecule has 0 aliphatic carbocycles. The van der Waals surface area contributed by atoms with Crippen molar-refractivity contribution in [2.45, 2.75) is 0 Å². The van der Waals surface area contributed by atoms with Crippen LogP contribution in [0.4, 0.5) is 0 Å². The molecule has 5 heteroatoms. The van der Waals surface area contributed by atoms with E-state index in [1.165, 1.54) is 26.4 Å². The van der Waals surface area contributed by atoms with Crippen molar-refractivity contribution < 1.29 is 18.7 Å². The van der Waals surface area contributed by atoms with Gasteiger partial charge in [0, 0.05) is 17.7 Å². The molecule has 0 spiro atoms. The van der Waals surface area contributed by atoms with Crippen LogP contribution in [-0.2, 0) is 9.53 Å². The fourth-order valence-corrected chi connectivity index (χ4v) is 2.47. The first kappa shape index (κ1) is 16.5. The average Bonchev–Trinajstić information content (AvgIpc) is 2.66. The Morgan fingerprint density at radius 2 is 1.84 bits per heavy atom. The second-order valence-corrected chi connectivity index (χ2v) is 5.30. The highest BCUT2D eigenvalue weighted by Gasteiger charge is 2.12. The van der Waals surface area contributed by atoms with Crippen molar-refractivity contribution in [2.24, 2.45) is 0 Å². The van der Waals surface area contributed by atoms with Gasteiger partial charge in [-0.05, 0) is 23.8 Å². The second kappa shape index (κ2) is 7.05. The number of esters is 1. The molecule has 25 heavy (non-hydrogen) atoms. The fraction of sp³-hybridized carbons (Fsp3) is 0.100. The largest absolute Gasteiger partial charge is 0.493 e. The van der Waals surface area contributed by atoms with Crippen LogP contribution in [0.15, 0.2) is 63.8 Å². The summed E-state index contributed by atoms with van der Waals surface area (Å²) in [7, 11) is 2.80. The monoisotopic (exact) mass is 336 g/mol. The third kappa shape index (κ3) is 3.45. The molecular weight excluding hydrogens is 320 g/mol. The van der Waals surface area contributed by atoms with Crippen molar-refractivity contribution in [3.8, 4) is 17.1 Å². The number of hydrogen-bond donors (Lipinski definition) is 0. The number of benzene rings is 2. The van der Waals surface area contributed by atoms with Crippen LogP contribution in [0.25, 0.3) is 28.4 Å². The van der Waals surface area contributed by atoms with Gasteiger partial charge < -0.3 is 13.9 Å². The molecule has 126 valence electrons. The van der Waals surface area contributed by atoms with Crippen molar-refractivity contribution in [3.63, 3.8) is 0 Å². The van der Waals surface area contributed by atoms with Gasteiger partial charge in [0.25, 0.3) is 0 Å². The zero-order valence-electron chi connectivity index (χ0n) is 13.8. The standard InChI is InChI=1S/C20H16O5/c1-23-18-11-13(8-9-19(22)24-2)10-15-16(21)12-17(25-20(15)18)14-6-4-3-5-7-14/h3-12H,1-2H3/b9-8+. The van der Waals surface area contributed by atoms with Crippen LogP contribution in [0.5, 0.6) is 5.75 Å². The number of carbonyl (C=O) groups is 1. The zero-order valence-corrected chi connectivity index (χ0v) is 13.8. The number of fused-ring (bicyclic) bond motifs is 1. The van der Waals surface area contributed by atoms with Crippen LogP contribution in [0.3, 0.4) is 0 Å². The molecule has 0 amide bonds. The number of rotatable bonds is 4. The normalized spacial score (nSPS) is 11.0. The summed E-state index contributed by atoms with van der Waals surface area (Å²) < 4.78 is 15.8. The predicted octanol–water partition coefficient (Wildman–Crippen LogP) is 3.65. The smallest absolute Gasteiger partial charge is 0.330 e. The first-order valence-corrected chi connectivity index (χ1v) is 7.59. The van der Waals surface area contributed by atoms with Gasteiger partial charge in [-0.25, -0.2) is 4.79 Å². The molecule has 3 aromatic rings. The Balaban J connectivity index is 2.17. The van der Waals surface area contributed by atoms with E-state index in [1.54, 1.807) is 18.2 Å². The molecule has 1 heterocycles. The molecule has 3 rings (SSSR count). The maximum absolute atomic E-state index is 12.6. The Morgan fingerprint density at radius 1 is 1.08 bits per heavy atom. The summed E-state index contributed by atoms with van der Waals surface area (Å²) in [6.45, 7) is 0. The van der Waals surface area contributed by atoms with Crippen molar-refractivity contribution in [3.05, 3.63) is 70.4 Å². The highest BCUT2D eigenvalue weighted by Crippen LogP contribution is 2.30. The predicted molar refractivity (Wildman–Crippen MR) is 95.5 cm³/mol. The van der Waals surface area contributed by atoms with Crippen LogP contribution >= 0.6 is 0 Å². The van der Waals surface area contributed by atoms with Crippen molar-refractivity contribution in [1.82, 2.24) is 0 Å². The van der Waals surface area contributed by atoms with E-state index in [0.717, 1.165) is 5.56 Å². The summed E-state index contributed by atoms with van der Waals surface area (Å²) in [5, 5.41) is 0.378. The number of methoxy groups -OCH3 is 2. The van der Waals surface area contributed by atoms with E-state index < -0.39 is 5.97 Å². The van der Waals surface area contributed by atoms with E-state index in [2.05, 4.69) is 4.74 Å². The molecule has 0 aliphatic rings. The third-order valence-electron chi connectivity index (χ3n) is 3.71. The van der Waals surface area contributed by atoms with Crippen LogP contribution < -0.4 is 10.2 Å². The van der Waals surface area contributed by atoms with Gasteiger partial charge in [-0.15, -0.1) is 0 Å². The lowest BCUT2D eigenvalue weighted by molar-refractivity contribution is -0.134. The minimum atomic E-state index is -0.481. The SMILES string of the molecule is COC(=O)/C=C/c1cc(OC)c2oc(-c3ccccc3)cc(=O)c2c1. The quantitative estimate of drug-likeness (QED) is 0.537. The van der Waals surface area contributed by atoms with Gasteiger partial charge in [-0.2, -0.15) is 0 Å². The minimum absolute atomic E-state index is 0.188. The molecule has 2 aromatic carbocycles. The van der Waals surface area contributed by atoms with Crippen LogP contribution in [-0.4, -0.2) is 20.2 Å². The van der Waals surface area contributed by atoms with Crippen LogP contribution in [0.2, 0.25) is 0 Å². The molecule has 0 unspecified atom stereocenters. The Bertz CT molecular complexity index is 1000. The maximum atomic E-state index is 12.6. The fourth-order valence-electron chi connectivity index (χ4n) is 2.47. The Labute approximate surface area is 144 Å². The maximum Gasteiger partial charge on any atom is 0.330 e. The molecule has 0 radical (unpaired) electrons. The lowest BCUT2D eigenvalue weighted by Crippen LogP contribution is -2.02. The van der Waals surface area contributed by atoms with E-state index >= 15 is 0 Å². The summed E-state index contributed by atoms with van der Waals surface area (Å²) in [4.78, 5) is 23.8. The van der Waals surface area contributed by atoms with E-state index in [0.29, 0.717) is 28.0 Å². The molecule has 0 aliphatic heterocycles. The van der Waals surface area contributed by atoms with E-state index in [4.69, 9.17) is 9.15 Å². The van der Waals surface area contributed by atoms with Gasteiger partial charge in [0.2, 0.25) is 0 Å².